The van der Waals surface area contributed by atoms with Gasteiger partial charge in [-0.3, -0.25) is 0 Å². The molecule has 0 heterocycles. The predicted octanol–water partition coefficient (Wildman–Crippen LogP) is 5.72. The number of hydrogen-bond acceptors (Lipinski definition) is 4. The van der Waals surface area contributed by atoms with Crippen molar-refractivity contribution in [3.05, 3.63) is 29.8 Å². The standard InChI is InChI=1S/C24H42N2OS/c1-23(2,3)12-14-26(7)13-9-15-27-21-11-8-10-20(16-21)18-25-19-22(28)17-24(4,5)6/h8,10-11,16,25H,9,12-15,17-19H2,1-7H3. The lowest BCUT2D eigenvalue weighted by Crippen LogP contribution is -2.25. The Hall–Kier alpha value is -0.970. The summed E-state index contributed by atoms with van der Waals surface area (Å²) in [5.74, 6) is 0.953. The van der Waals surface area contributed by atoms with Gasteiger partial charge in [-0.2, -0.15) is 0 Å². The Morgan fingerprint density at radius 3 is 2.43 bits per heavy atom. The molecule has 28 heavy (non-hydrogen) atoms. The van der Waals surface area contributed by atoms with Gasteiger partial charge < -0.3 is 15.0 Å². The molecule has 0 aliphatic rings. The summed E-state index contributed by atoms with van der Waals surface area (Å²) in [5, 5.41) is 3.46. The lowest BCUT2D eigenvalue weighted by molar-refractivity contribution is 0.236. The van der Waals surface area contributed by atoms with E-state index in [0.29, 0.717) is 5.41 Å². The van der Waals surface area contributed by atoms with Gasteiger partial charge in [0, 0.05) is 24.5 Å². The highest BCUT2D eigenvalue weighted by Gasteiger charge is 2.13. The Kier molecular flexibility index (Phi) is 10.6. The van der Waals surface area contributed by atoms with E-state index in [1.807, 2.05) is 6.07 Å². The largest absolute Gasteiger partial charge is 0.494 e. The molecule has 1 aromatic carbocycles. The van der Waals surface area contributed by atoms with E-state index in [9.17, 15) is 0 Å². The van der Waals surface area contributed by atoms with Crippen molar-refractivity contribution in [3.63, 3.8) is 0 Å². The molecule has 160 valence electrons. The van der Waals surface area contributed by atoms with Gasteiger partial charge in [0.25, 0.3) is 0 Å². The number of hydrogen-bond donors (Lipinski definition) is 1. The van der Waals surface area contributed by atoms with Gasteiger partial charge in [0.2, 0.25) is 0 Å². The molecule has 0 unspecified atom stereocenters. The third-order valence-electron chi connectivity index (χ3n) is 4.47. The summed E-state index contributed by atoms with van der Waals surface area (Å²) in [6.45, 7) is 18.1. The first kappa shape index (κ1) is 25.1. The predicted molar refractivity (Wildman–Crippen MR) is 126 cm³/mol. The van der Waals surface area contributed by atoms with Crippen LogP contribution in [-0.2, 0) is 6.54 Å². The van der Waals surface area contributed by atoms with Crippen LogP contribution in [0.3, 0.4) is 0 Å². The number of nitrogens with zero attached hydrogens (tertiary/aromatic N) is 1. The zero-order chi connectivity index (χ0) is 21.2. The molecule has 0 radical (unpaired) electrons. The third kappa shape index (κ3) is 13.2. The molecule has 0 spiro atoms. The van der Waals surface area contributed by atoms with Crippen molar-refractivity contribution in [1.29, 1.82) is 0 Å². The summed E-state index contributed by atoms with van der Waals surface area (Å²) in [5.41, 5.74) is 1.89. The van der Waals surface area contributed by atoms with Crippen molar-refractivity contribution < 1.29 is 4.74 Å². The molecular weight excluding hydrogens is 364 g/mol. The van der Waals surface area contributed by atoms with E-state index in [1.165, 1.54) is 12.0 Å². The van der Waals surface area contributed by atoms with Crippen molar-refractivity contribution in [3.8, 4) is 5.75 Å². The molecule has 0 amide bonds. The highest BCUT2D eigenvalue weighted by atomic mass is 32.1. The number of rotatable bonds is 12. The number of nitrogens with one attached hydrogen (secondary N) is 1. The Bertz CT molecular complexity index is 587. The zero-order valence-electron chi connectivity index (χ0n) is 19.2. The summed E-state index contributed by atoms with van der Waals surface area (Å²) < 4.78 is 5.96. The summed E-state index contributed by atoms with van der Waals surface area (Å²) in [7, 11) is 2.20. The monoisotopic (exact) mass is 406 g/mol. The van der Waals surface area contributed by atoms with Crippen LogP contribution < -0.4 is 10.1 Å². The molecule has 0 atom stereocenters. The van der Waals surface area contributed by atoms with E-state index in [-0.39, 0.29) is 5.41 Å². The molecule has 0 aliphatic heterocycles. The molecule has 4 heteroatoms. The molecule has 1 rings (SSSR count). The van der Waals surface area contributed by atoms with Crippen LogP contribution >= 0.6 is 12.2 Å². The van der Waals surface area contributed by atoms with Crippen molar-refractivity contribution in [1.82, 2.24) is 10.2 Å². The second-order valence-electron chi connectivity index (χ2n) is 10.3. The van der Waals surface area contributed by atoms with E-state index in [2.05, 4.69) is 77.0 Å². The molecule has 0 aromatic heterocycles. The van der Waals surface area contributed by atoms with Crippen LogP contribution in [0.1, 0.15) is 66.4 Å². The fourth-order valence-electron chi connectivity index (χ4n) is 2.91. The first-order valence-electron chi connectivity index (χ1n) is 10.6. The SMILES string of the molecule is CN(CCCOc1cccc(CNCC(=S)CC(C)(C)C)c1)CCC(C)(C)C. The Balaban J connectivity index is 2.27. The van der Waals surface area contributed by atoms with E-state index in [4.69, 9.17) is 17.0 Å². The number of thiocarbonyl (C=S) groups is 1. The fraction of sp³-hybridized carbons (Fsp3) is 0.708. The van der Waals surface area contributed by atoms with Crippen LogP contribution in [-0.4, -0.2) is 43.1 Å². The maximum atomic E-state index is 5.96. The average Bonchev–Trinajstić information content (AvgIpc) is 2.55. The van der Waals surface area contributed by atoms with E-state index < -0.39 is 0 Å². The van der Waals surface area contributed by atoms with E-state index >= 15 is 0 Å². The van der Waals surface area contributed by atoms with Gasteiger partial charge in [-0.25, -0.2) is 0 Å². The van der Waals surface area contributed by atoms with Crippen LogP contribution in [0.15, 0.2) is 24.3 Å². The van der Waals surface area contributed by atoms with Gasteiger partial charge >= 0.3 is 0 Å². The molecule has 1 N–H and O–H groups in total. The molecule has 0 bridgehead atoms. The van der Waals surface area contributed by atoms with Gasteiger partial charge in [0.15, 0.2) is 0 Å². The van der Waals surface area contributed by atoms with Gasteiger partial charge in [-0.1, -0.05) is 65.9 Å². The molecule has 0 saturated carbocycles. The second-order valence-corrected chi connectivity index (χ2v) is 10.9. The maximum Gasteiger partial charge on any atom is 0.119 e. The van der Waals surface area contributed by atoms with Crippen LogP contribution in [0.2, 0.25) is 0 Å². The van der Waals surface area contributed by atoms with Gasteiger partial charge in [-0.15, -0.1) is 0 Å². The van der Waals surface area contributed by atoms with E-state index in [0.717, 1.165) is 56.2 Å². The minimum Gasteiger partial charge on any atom is -0.494 e. The fourth-order valence-corrected chi connectivity index (χ4v) is 3.44. The molecule has 0 fully saturated rings. The van der Waals surface area contributed by atoms with Crippen molar-refractivity contribution in [2.45, 2.75) is 67.3 Å². The highest BCUT2D eigenvalue weighted by Crippen LogP contribution is 2.20. The zero-order valence-corrected chi connectivity index (χ0v) is 20.0. The number of benzene rings is 1. The Morgan fingerprint density at radius 2 is 1.79 bits per heavy atom. The average molecular weight is 407 g/mol. The third-order valence-corrected chi connectivity index (χ3v) is 4.76. The maximum absolute atomic E-state index is 5.96. The molecular formula is C24H42N2OS. The quantitative estimate of drug-likeness (QED) is 0.354. The van der Waals surface area contributed by atoms with E-state index in [1.54, 1.807) is 0 Å². The van der Waals surface area contributed by atoms with Crippen LogP contribution in [0.5, 0.6) is 5.75 Å². The van der Waals surface area contributed by atoms with Crippen LogP contribution in [0, 0.1) is 10.8 Å². The van der Waals surface area contributed by atoms with Crippen LogP contribution in [0.4, 0.5) is 0 Å². The second kappa shape index (κ2) is 11.9. The first-order valence-corrected chi connectivity index (χ1v) is 11.0. The lowest BCUT2D eigenvalue weighted by atomic mass is 9.90. The smallest absolute Gasteiger partial charge is 0.119 e. The topological polar surface area (TPSA) is 24.5 Å². The van der Waals surface area contributed by atoms with Gasteiger partial charge in [0.1, 0.15) is 5.75 Å². The molecule has 0 aliphatic carbocycles. The van der Waals surface area contributed by atoms with Crippen molar-refractivity contribution in [2.75, 3.05) is 33.3 Å². The first-order chi connectivity index (χ1) is 12.9. The van der Waals surface area contributed by atoms with Crippen LogP contribution in [0.25, 0.3) is 0 Å². The van der Waals surface area contributed by atoms with Gasteiger partial charge in [0.05, 0.1) is 6.61 Å². The Morgan fingerprint density at radius 1 is 1.07 bits per heavy atom. The molecule has 0 saturated heterocycles. The minimum absolute atomic E-state index is 0.257. The van der Waals surface area contributed by atoms with Crippen molar-refractivity contribution >= 4 is 17.1 Å². The van der Waals surface area contributed by atoms with Gasteiger partial charge in [-0.05, 0) is 61.4 Å². The van der Waals surface area contributed by atoms with Crippen molar-refractivity contribution in [2.24, 2.45) is 10.8 Å². The normalized spacial score (nSPS) is 12.4. The Labute approximate surface area is 179 Å². The highest BCUT2D eigenvalue weighted by molar-refractivity contribution is 7.80. The molecule has 3 nitrogen and oxygen atoms in total. The lowest BCUT2D eigenvalue weighted by Gasteiger charge is -2.23. The summed E-state index contributed by atoms with van der Waals surface area (Å²) >= 11 is 5.48. The molecule has 1 aromatic rings. The summed E-state index contributed by atoms with van der Waals surface area (Å²) in [6.07, 6.45) is 3.24. The minimum atomic E-state index is 0.257. The summed E-state index contributed by atoms with van der Waals surface area (Å²) in [4.78, 5) is 3.49. The summed E-state index contributed by atoms with van der Waals surface area (Å²) in [6, 6.07) is 8.36. The number of ether oxygens (including phenoxy) is 1.